The van der Waals surface area contributed by atoms with E-state index in [9.17, 15) is 33.2 Å². The number of fused-ring (bicyclic) bond motifs is 1. The molecular weight excluding hydrogens is 656 g/mol. The third kappa shape index (κ3) is 11.7. The third-order valence-electron chi connectivity index (χ3n) is 5.10. The van der Waals surface area contributed by atoms with Crippen molar-refractivity contribution in [1.82, 2.24) is 19.5 Å². The van der Waals surface area contributed by atoms with Crippen molar-refractivity contribution in [3.05, 3.63) is 12.7 Å². The third-order valence-corrected chi connectivity index (χ3v) is 9.44. The van der Waals surface area contributed by atoms with Crippen LogP contribution in [0.3, 0.4) is 0 Å². The number of aromatic nitrogens is 4. The molecule has 0 spiro atoms. The van der Waals surface area contributed by atoms with Crippen molar-refractivity contribution in [3.63, 3.8) is 0 Å². The molecule has 1 aliphatic rings. The van der Waals surface area contributed by atoms with E-state index in [4.69, 9.17) is 35.8 Å². The number of rotatable bonds is 14. The Kier molecular flexibility index (Phi) is 13.3. The molecule has 3 heterocycles. The number of imidazole rings is 1. The summed E-state index contributed by atoms with van der Waals surface area (Å²) in [5.41, 5.74) is 11.0. The maximum atomic E-state index is 12.0. The van der Waals surface area contributed by atoms with Crippen molar-refractivity contribution in [2.45, 2.75) is 57.1 Å². The van der Waals surface area contributed by atoms with Gasteiger partial charge < -0.3 is 50.7 Å². The monoisotopic (exact) mass is 688 g/mol. The highest BCUT2D eigenvalue weighted by molar-refractivity contribution is 7.61. The predicted molar refractivity (Wildman–Crippen MR) is 140 cm³/mol. The lowest BCUT2D eigenvalue weighted by Gasteiger charge is -2.23. The Morgan fingerprint density at radius 1 is 0.952 bits per heavy atom. The van der Waals surface area contributed by atoms with Crippen molar-refractivity contribution < 1.29 is 75.1 Å². The molecule has 2 aromatic rings. The van der Waals surface area contributed by atoms with Crippen LogP contribution in [-0.2, 0) is 40.7 Å². The van der Waals surface area contributed by atoms with Crippen LogP contribution in [0.5, 0.6) is 0 Å². The van der Waals surface area contributed by atoms with Crippen LogP contribution in [0.15, 0.2) is 12.7 Å². The number of phosphoric acid groups is 4. The number of nitrogen functional groups attached to an aromatic ring is 1. The fraction of sp³-hybridized carbons (Fsp3) is 0.688. The molecule has 1 fully saturated rings. The summed E-state index contributed by atoms with van der Waals surface area (Å²) in [7, 11) is -22.1. The quantitative estimate of drug-likeness (QED) is 0.0932. The minimum Gasteiger partial charge on any atom is -0.386 e. The minimum absolute atomic E-state index is 0.0156. The van der Waals surface area contributed by atoms with Gasteiger partial charge >= 0.3 is 31.3 Å². The lowest BCUT2D eigenvalue weighted by molar-refractivity contribution is -0.0501. The van der Waals surface area contributed by atoms with Crippen LogP contribution < -0.4 is 11.5 Å². The largest absolute Gasteiger partial charge is 0.481 e. The molecule has 3 rings (SSSR count). The normalized spacial score (nSPS) is 24.1. The van der Waals surface area contributed by atoms with Gasteiger partial charge in [0.05, 0.1) is 12.9 Å². The summed E-state index contributed by atoms with van der Waals surface area (Å²) in [6, 6.07) is 0. The van der Waals surface area contributed by atoms with Gasteiger partial charge in [0.15, 0.2) is 17.7 Å². The summed E-state index contributed by atoms with van der Waals surface area (Å²) in [5.74, 6) is -0.0698. The first kappa shape index (κ1) is 36.9. The lowest BCUT2D eigenvalue weighted by Crippen LogP contribution is -2.36. The maximum absolute atomic E-state index is 12.0. The number of nitrogens with two attached hydrogens (primary N) is 2. The number of aliphatic hydroxyl groups is 1. The molecule has 2 aromatic heterocycles. The SMILES string of the molecule is CCCCCCN.Nc1ncnc2c1ncn2[C@@H]1O[C@H](COP(=O)(O)OP(=O)(O)O)[C@@H](OP(=O)(O)OP(=O)(O)O)[C@H]1O. The molecule has 42 heavy (non-hydrogen) atoms. The first-order chi connectivity index (χ1) is 19.3. The highest BCUT2D eigenvalue weighted by Crippen LogP contribution is 2.60. The summed E-state index contributed by atoms with van der Waals surface area (Å²) < 4.78 is 68.3. The molecule has 0 aromatic carbocycles. The zero-order valence-electron chi connectivity index (χ0n) is 21.7. The van der Waals surface area contributed by atoms with Crippen molar-refractivity contribution in [2.24, 2.45) is 5.73 Å². The summed E-state index contributed by atoms with van der Waals surface area (Å²) in [6.07, 6.45) is -0.200. The van der Waals surface area contributed by atoms with Crippen LogP contribution in [0.4, 0.5) is 5.82 Å². The average Bonchev–Trinajstić information content (AvgIpc) is 3.37. The number of aliphatic hydroxyl groups excluding tert-OH is 1. The Labute approximate surface area is 237 Å². The Morgan fingerprint density at radius 3 is 2.14 bits per heavy atom. The van der Waals surface area contributed by atoms with Gasteiger partial charge in [-0.05, 0) is 13.0 Å². The van der Waals surface area contributed by atoms with E-state index in [1.807, 2.05) is 0 Å². The van der Waals surface area contributed by atoms with Gasteiger partial charge in [-0.25, -0.2) is 33.2 Å². The number of hydrogen-bond acceptors (Lipinski definition) is 15. The van der Waals surface area contributed by atoms with E-state index in [0.717, 1.165) is 23.8 Å². The molecule has 0 saturated carbocycles. The van der Waals surface area contributed by atoms with Gasteiger partial charge in [-0.3, -0.25) is 13.6 Å². The highest BCUT2D eigenvalue weighted by Gasteiger charge is 2.51. The average molecular weight is 688 g/mol. The van der Waals surface area contributed by atoms with Crippen LogP contribution in [0.25, 0.3) is 11.2 Å². The predicted octanol–water partition coefficient (Wildman–Crippen LogP) is 0.0134. The highest BCUT2D eigenvalue weighted by atomic mass is 31.3. The van der Waals surface area contributed by atoms with Gasteiger partial charge in [0.25, 0.3) is 0 Å². The standard InChI is InChI=1S/C10H17N5O16P4.C6H15N/c11-8-5-9(13-2-12-8)15(3-14-5)10-6(16)7(29-35(25,26)31-33(20,21)22)4(28-10)1-27-34(23,24)30-32(17,18)19;1-2-3-4-5-6-7/h2-4,6-7,10,16H,1H2,(H,23,24)(H,25,26)(H2,11,12,13)(H2,17,18,19)(H2,20,21,22);2-7H2,1H3/t4-,6-,7-,10-;/m1./s1. The van der Waals surface area contributed by atoms with Crippen molar-refractivity contribution in [3.8, 4) is 0 Å². The first-order valence-corrected chi connectivity index (χ1v) is 17.8. The molecule has 11 N–H and O–H groups in total. The number of ether oxygens (including phenoxy) is 1. The zero-order valence-corrected chi connectivity index (χ0v) is 25.3. The molecule has 6 atom stereocenters. The Morgan fingerprint density at radius 2 is 1.57 bits per heavy atom. The van der Waals surface area contributed by atoms with Crippen LogP contribution >= 0.6 is 31.3 Å². The van der Waals surface area contributed by atoms with Crippen LogP contribution in [0.1, 0.15) is 38.8 Å². The Balaban J connectivity index is 0.000000782. The molecular formula is C16H32N6O16P4. The summed E-state index contributed by atoms with van der Waals surface area (Å²) in [6.45, 7) is 1.89. The van der Waals surface area contributed by atoms with Gasteiger partial charge in [0.1, 0.15) is 30.2 Å². The molecule has 26 heteroatoms. The Hall–Kier alpha value is -1.25. The Bertz CT molecular complexity index is 1360. The number of nitrogens with zero attached hydrogens (tertiary/aromatic N) is 4. The molecule has 1 aliphatic heterocycles. The molecule has 0 bridgehead atoms. The number of unbranched alkanes of at least 4 members (excludes halogenated alkanes) is 3. The van der Waals surface area contributed by atoms with E-state index in [0.29, 0.717) is 0 Å². The van der Waals surface area contributed by atoms with Crippen molar-refractivity contribution in [1.29, 1.82) is 0 Å². The van der Waals surface area contributed by atoms with E-state index in [1.165, 1.54) is 25.7 Å². The van der Waals surface area contributed by atoms with Crippen molar-refractivity contribution >= 4 is 48.3 Å². The lowest BCUT2D eigenvalue weighted by atomic mass is 10.1. The molecule has 0 radical (unpaired) electrons. The second-order valence-electron chi connectivity index (χ2n) is 8.44. The minimum atomic E-state index is -5.61. The molecule has 1 saturated heterocycles. The van der Waals surface area contributed by atoms with E-state index < -0.39 is 62.4 Å². The van der Waals surface area contributed by atoms with Gasteiger partial charge in [-0.15, -0.1) is 0 Å². The van der Waals surface area contributed by atoms with Crippen LogP contribution in [-0.4, -0.2) is 85.4 Å². The van der Waals surface area contributed by atoms with Gasteiger partial charge in [0, 0.05) is 0 Å². The molecule has 0 aliphatic carbocycles. The topological polar surface area (TPSA) is 352 Å². The summed E-state index contributed by atoms with van der Waals surface area (Å²) >= 11 is 0. The molecule has 0 amide bonds. The fourth-order valence-corrected chi connectivity index (χ4v) is 6.87. The number of phosphoric ester groups is 2. The van der Waals surface area contributed by atoms with E-state index in [1.54, 1.807) is 0 Å². The van der Waals surface area contributed by atoms with E-state index >= 15 is 0 Å². The van der Waals surface area contributed by atoms with Gasteiger partial charge in [-0.2, -0.15) is 8.62 Å². The van der Waals surface area contributed by atoms with Crippen LogP contribution in [0.2, 0.25) is 0 Å². The molecule has 22 nitrogen and oxygen atoms in total. The number of hydrogen-bond donors (Lipinski definition) is 9. The van der Waals surface area contributed by atoms with Crippen molar-refractivity contribution in [2.75, 3.05) is 18.9 Å². The zero-order chi connectivity index (χ0) is 31.9. The van der Waals surface area contributed by atoms with E-state index in [-0.39, 0.29) is 17.0 Å². The fourth-order valence-electron chi connectivity index (χ4n) is 3.47. The second kappa shape index (κ2) is 15.2. The molecule has 242 valence electrons. The smallest absolute Gasteiger partial charge is 0.386 e. The van der Waals surface area contributed by atoms with E-state index in [2.05, 4.69) is 39.5 Å². The maximum Gasteiger partial charge on any atom is 0.481 e. The summed E-state index contributed by atoms with van der Waals surface area (Å²) in [5, 5.41) is 10.7. The number of anilines is 1. The first-order valence-electron chi connectivity index (χ1n) is 11.8. The second-order valence-corrected chi connectivity index (χ2v) is 14.0. The van der Waals surface area contributed by atoms with Gasteiger partial charge in [0.2, 0.25) is 0 Å². The van der Waals surface area contributed by atoms with Crippen LogP contribution in [0, 0.1) is 0 Å². The molecule has 2 unspecified atom stereocenters. The van der Waals surface area contributed by atoms with Gasteiger partial charge in [-0.1, -0.05) is 26.2 Å². The summed E-state index contributed by atoms with van der Waals surface area (Å²) in [4.78, 5) is 65.6.